The Morgan fingerprint density at radius 1 is 1.10 bits per heavy atom. The Morgan fingerprint density at radius 3 is 2.71 bits per heavy atom. The lowest BCUT2D eigenvalue weighted by Crippen LogP contribution is -2.35. The standard InChI is InChI=1S/C22H16N4O2S3/c1-14-25-19-6-5-18(11-22(19)30-14)31(27,28)26-8-9-29-21-7-3-15(10-20(21)26)16-2-4-17(12-23)24-13-16/h2-7,10-11,13H,8-9H2,1H3. The fourth-order valence-corrected chi connectivity index (χ4v) is 7.15. The maximum Gasteiger partial charge on any atom is 0.264 e. The summed E-state index contributed by atoms with van der Waals surface area (Å²) in [6.07, 6.45) is 1.63. The van der Waals surface area contributed by atoms with Crippen molar-refractivity contribution in [1.29, 1.82) is 5.26 Å². The second kappa shape index (κ2) is 7.64. The molecule has 154 valence electrons. The van der Waals surface area contributed by atoms with Crippen LogP contribution in [0.3, 0.4) is 0 Å². The summed E-state index contributed by atoms with van der Waals surface area (Å²) in [6.45, 7) is 2.31. The summed E-state index contributed by atoms with van der Waals surface area (Å²) in [5.74, 6) is 0.686. The third kappa shape index (κ3) is 3.57. The van der Waals surface area contributed by atoms with Crippen molar-refractivity contribution in [3.05, 3.63) is 65.4 Å². The van der Waals surface area contributed by atoms with Gasteiger partial charge in [0.05, 0.1) is 25.8 Å². The van der Waals surface area contributed by atoms with Crippen LogP contribution in [0.2, 0.25) is 0 Å². The average Bonchev–Trinajstić information content (AvgIpc) is 3.17. The Balaban J connectivity index is 1.58. The number of pyridine rings is 1. The number of sulfonamides is 1. The highest BCUT2D eigenvalue weighted by atomic mass is 32.2. The van der Waals surface area contributed by atoms with Crippen LogP contribution in [0.5, 0.6) is 0 Å². The summed E-state index contributed by atoms with van der Waals surface area (Å²) >= 11 is 3.14. The van der Waals surface area contributed by atoms with Crippen molar-refractivity contribution in [2.45, 2.75) is 16.7 Å². The Kier molecular flexibility index (Phi) is 4.93. The third-order valence-corrected chi connectivity index (χ3v) is 8.83. The molecule has 6 nitrogen and oxygen atoms in total. The molecule has 0 radical (unpaired) electrons. The van der Waals surface area contributed by atoms with E-state index in [1.807, 2.05) is 37.3 Å². The van der Waals surface area contributed by atoms with E-state index >= 15 is 0 Å². The summed E-state index contributed by atoms with van der Waals surface area (Å²) in [7, 11) is -3.73. The number of rotatable bonds is 3. The molecule has 0 bridgehead atoms. The monoisotopic (exact) mass is 464 g/mol. The van der Waals surface area contributed by atoms with Gasteiger partial charge < -0.3 is 0 Å². The van der Waals surface area contributed by atoms with Gasteiger partial charge in [-0.1, -0.05) is 6.07 Å². The Bertz CT molecular complexity index is 1450. The molecule has 1 aliphatic heterocycles. The molecule has 2 aromatic heterocycles. The number of aryl methyl sites for hydroxylation is 1. The fraction of sp³-hybridized carbons (Fsp3) is 0.136. The van der Waals surface area contributed by atoms with Crippen LogP contribution >= 0.6 is 23.1 Å². The lowest BCUT2D eigenvalue weighted by Gasteiger charge is -2.30. The molecule has 31 heavy (non-hydrogen) atoms. The number of thiazole rings is 1. The van der Waals surface area contributed by atoms with E-state index in [0.717, 1.165) is 31.2 Å². The molecule has 9 heteroatoms. The minimum absolute atomic E-state index is 0.270. The zero-order valence-corrected chi connectivity index (χ0v) is 18.9. The summed E-state index contributed by atoms with van der Waals surface area (Å²) in [6, 6.07) is 16.4. The van der Waals surface area contributed by atoms with E-state index in [9.17, 15) is 8.42 Å². The largest absolute Gasteiger partial charge is 0.264 e. The lowest BCUT2D eigenvalue weighted by molar-refractivity contribution is 0.591. The van der Waals surface area contributed by atoms with E-state index in [1.54, 1.807) is 42.2 Å². The summed E-state index contributed by atoms with van der Waals surface area (Å²) in [5, 5.41) is 9.87. The number of nitriles is 1. The van der Waals surface area contributed by atoms with Crippen LogP contribution in [-0.2, 0) is 10.0 Å². The van der Waals surface area contributed by atoms with Crippen molar-refractivity contribution in [3.63, 3.8) is 0 Å². The average molecular weight is 465 g/mol. The van der Waals surface area contributed by atoms with E-state index in [1.165, 1.54) is 15.6 Å². The molecule has 0 amide bonds. The van der Waals surface area contributed by atoms with Gasteiger partial charge in [-0.05, 0) is 55.0 Å². The molecular formula is C22H16N4O2S3. The molecule has 0 N–H and O–H groups in total. The van der Waals surface area contributed by atoms with Gasteiger partial charge in [0.15, 0.2) is 0 Å². The first-order valence-electron chi connectivity index (χ1n) is 9.49. The number of fused-ring (bicyclic) bond motifs is 2. The Labute approximate surface area is 188 Å². The SMILES string of the molecule is Cc1nc2ccc(S(=O)(=O)N3CCSc4ccc(-c5ccc(C#N)nc5)cc43)cc2s1. The maximum atomic E-state index is 13.6. The normalized spacial score (nSPS) is 13.7. The van der Waals surface area contributed by atoms with Crippen molar-refractivity contribution < 1.29 is 8.42 Å². The van der Waals surface area contributed by atoms with Gasteiger partial charge >= 0.3 is 0 Å². The number of hydrogen-bond donors (Lipinski definition) is 0. The van der Waals surface area contributed by atoms with E-state index in [2.05, 4.69) is 9.97 Å². The van der Waals surface area contributed by atoms with Crippen LogP contribution in [-0.4, -0.2) is 30.7 Å². The molecular weight excluding hydrogens is 448 g/mol. The molecule has 1 aliphatic rings. The molecule has 0 fully saturated rings. The second-order valence-electron chi connectivity index (χ2n) is 7.01. The van der Waals surface area contributed by atoms with Crippen LogP contribution < -0.4 is 4.31 Å². The highest BCUT2D eigenvalue weighted by Crippen LogP contribution is 2.40. The molecule has 0 aliphatic carbocycles. The van der Waals surface area contributed by atoms with Crippen molar-refractivity contribution in [1.82, 2.24) is 9.97 Å². The number of benzene rings is 2. The summed E-state index contributed by atoms with van der Waals surface area (Å²) in [5.41, 5.74) is 3.50. The molecule has 2 aromatic carbocycles. The van der Waals surface area contributed by atoms with Gasteiger partial charge in [0.1, 0.15) is 11.8 Å². The van der Waals surface area contributed by atoms with Gasteiger partial charge in [-0.3, -0.25) is 4.31 Å². The number of aromatic nitrogens is 2. The second-order valence-corrected chi connectivity index (χ2v) is 11.2. The molecule has 3 heterocycles. The molecule has 0 atom stereocenters. The maximum absolute atomic E-state index is 13.6. The van der Waals surface area contributed by atoms with Crippen LogP contribution in [0, 0.1) is 18.3 Å². The minimum atomic E-state index is -3.73. The van der Waals surface area contributed by atoms with Crippen molar-refractivity contribution in [3.8, 4) is 17.2 Å². The highest BCUT2D eigenvalue weighted by molar-refractivity contribution is 8.00. The van der Waals surface area contributed by atoms with Crippen LogP contribution in [0.25, 0.3) is 21.3 Å². The number of thioether (sulfide) groups is 1. The zero-order valence-electron chi connectivity index (χ0n) is 16.4. The lowest BCUT2D eigenvalue weighted by atomic mass is 10.1. The zero-order chi connectivity index (χ0) is 21.6. The number of anilines is 1. The highest BCUT2D eigenvalue weighted by Gasteiger charge is 2.30. The predicted octanol–water partition coefficient (Wildman–Crippen LogP) is 4.84. The van der Waals surface area contributed by atoms with E-state index in [0.29, 0.717) is 23.7 Å². The van der Waals surface area contributed by atoms with Gasteiger partial charge in [0, 0.05) is 29.0 Å². The van der Waals surface area contributed by atoms with Crippen molar-refractivity contribution >= 4 is 49.0 Å². The molecule has 0 saturated heterocycles. The van der Waals surface area contributed by atoms with Crippen molar-refractivity contribution in [2.24, 2.45) is 0 Å². The van der Waals surface area contributed by atoms with Gasteiger partial charge in [-0.2, -0.15) is 5.26 Å². The first kappa shape index (κ1) is 20.0. The van der Waals surface area contributed by atoms with Crippen LogP contribution in [0.1, 0.15) is 10.7 Å². The van der Waals surface area contributed by atoms with Crippen LogP contribution in [0.4, 0.5) is 5.69 Å². The van der Waals surface area contributed by atoms with E-state index in [-0.39, 0.29) is 4.90 Å². The Hall–Kier alpha value is -2.93. The minimum Gasteiger partial charge on any atom is -0.264 e. The predicted molar refractivity (Wildman–Crippen MR) is 124 cm³/mol. The van der Waals surface area contributed by atoms with Gasteiger partial charge in [0.2, 0.25) is 0 Å². The molecule has 4 aromatic rings. The summed E-state index contributed by atoms with van der Waals surface area (Å²) < 4.78 is 29.5. The topological polar surface area (TPSA) is 87.0 Å². The fourth-order valence-electron chi connectivity index (χ4n) is 3.56. The smallest absolute Gasteiger partial charge is 0.264 e. The molecule has 5 rings (SSSR count). The van der Waals surface area contributed by atoms with E-state index < -0.39 is 10.0 Å². The van der Waals surface area contributed by atoms with Gasteiger partial charge in [-0.25, -0.2) is 18.4 Å². The molecule has 0 spiro atoms. The quantitative estimate of drug-likeness (QED) is 0.431. The number of nitrogens with zero attached hydrogens (tertiary/aromatic N) is 4. The summed E-state index contributed by atoms with van der Waals surface area (Å²) in [4.78, 5) is 9.75. The molecule has 0 unspecified atom stereocenters. The first-order valence-corrected chi connectivity index (χ1v) is 12.7. The third-order valence-electron chi connectivity index (χ3n) is 5.05. The van der Waals surface area contributed by atoms with Crippen molar-refractivity contribution in [2.75, 3.05) is 16.6 Å². The molecule has 0 saturated carbocycles. The van der Waals surface area contributed by atoms with Gasteiger partial charge in [-0.15, -0.1) is 23.1 Å². The number of hydrogen-bond acceptors (Lipinski definition) is 7. The van der Waals surface area contributed by atoms with E-state index in [4.69, 9.17) is 5.26 Å². The first-order chi connectivity index (χ1) is 15.0. The van der Waals surface area contributed by atoms with Crippen LogP contribution in [0.15, 0.2) is 64.5 Å². The Morgan fingerprint density at radius 2 is 1.94 bits per heavy atom. The van der Waals surface area contributed by atoms with Gasteiger partial charge in [0.25, 0.3) is 10.0 Å².